The second kappa shape index (κ2) is 6.48. The fourth-order valence-electron chi connectivity index (χ4n) is 1.78. The van der Waals surface area contributed by atoms with Crippen LogP contribution in [0.2, 0.25) is 0 Å². The van der Waals surface area contributed by atoms with Crippen LogP contribution in [-0.4, -0.2) is 47.7 Å². The van der Waals surface area contributed by atoms with E-state index in [-0.39, 0.29) is 24.7 Å². The van der Waals surface area contributed by atoms with Gasteiger partial charge in [-0.15, -0.1) is 0 Å². The maximum Gasteiger partial charge on any atom is 0.306 e. The van der Waals surface area contributed by atoms with Crippen molar-refractivity contribution in [2.24, 2.45) is 0 Å². The molecule has 0 unspecified atom stereocenters. The number of carbonyl (C=O) groups excluding carboxylic acids is 2. The molecular formula is C11H19NO4. The lowest BCUT2D eigenvalue weighted by atomic mass is 10.1. The Hall–Kier alpha value is -1.10. The van der Waals surface area contributed by atoms with Crippen LogP contribution in [0.15, 0.2) is 0 Å². The Morgan fingerprint density at radius 3 is 2.81 bits per heavy atom. The van der Waals surface area contributed by atoms with Crippen molar-refractivity contribution in [3.05, 3.63) is 0 Å². The Labute approximate surface area is 95.4 Å². The van der Waals surface area contributed by atoms with Gasteiger partial charge in [0.15, 0.2) is 0 Å². The van der Waals surface area contributed by atoms with Crippen LogP contribution in [0.5, 0.6) is 0 Å². The molecule has 92 valence electrons. The molecule has 0 aromatic heterocycles. The van der Waals surface area contributed by atoms with Crippen LogP contribution in [0.25, 0.3) is 0 Å². The first kappa shape index (κ1) is 13.0. The summed E-state index contributed by atoms with van der Waals surface area (Å²) in [6.45, 7) is 3.15. The second-order valence-electron chi connectivity index (χ2n) is 3.94. The van der Waals surface area contributed by atoms with Crippen LogP contribution in [0.1, 0.15) is 32.6 Å². The molecule has 0 saturated carbocycles. The fraction of sp³-hybridized carbons (Fsp3) is 0.818. The lowest BCUT2D eigenvalue weighted by molar-refractivity contribution is -0.146. The van der Waals surface area contributed by atoms with Gasteiger partial charge in [0.25, 0.3) is 0 Å². The number of piperidine rings is 1. The van der Waals surface area contributed by atoms with E-state index in [4.69, 9.17) is 4.74 Å². The molecule has 5 heteroatoms. The van der Waals surface area contributed by atoms with Crippen molar-refractivity contribution in [2.75, 3.05) is 19.7 Å². The Kier molecular flexibility index (Phi) is 5.25. The summed E-state index contributed by atoms with van der Waals surface area (Å²) in [6, 6.07) is 0. The van der Waals surface area contributed by atoms with E-state index in [1.165, 1.54) is 0 Å². The van der Waals surface area contributed by atoms with Gasteiger partial charge < -0.3 is 14.7 Å². The van der Waals surface area contributed by atoms with Gasteiger partial charge >= 0.3 is 5.97 Å². The molecule has 1 aliphatic rings. The molecule has 1 N–H and O–H groups in total. The summed E-state index contributed by atoms with van der Waals surface area (Å²) < 4.78 is 4.74. The first-order chi connectivity index (χ1) is 7.63. The molecule has 0 radical (unpaired) electrons. The summed E-state index contributed by atoms with van der Waals surface area (Å²) in [5.41, 5.74) is 0. The molecule has 16 heavy (non-hydrogen) atoms. The molecule has 1 heterocycles. The minimum absolute atomic E-state index is 0.0770. The molecule has 1 fully saturated rings. The zero-order chi connectivity index (χ0) is 12.0. The number of rotatable bonds is 4. The summed E-state index contributed by atoms with van der Waals surface area (Å²) in [6.07, 6.45) is 1.46. The van der Waals surface area contributed by atoms with E-state index < -0.39 is 6.10 Å². The minimum Gasteiger partial charge on any atom is -0.466 e. The average molecular weight is 229 g/mol. The standard InChI is InChI=1S/C11H19NO4/c1-2-16-11(15)6-5-10(14)12-7-3-4-9(13)8-12/h9,13H,2-8H2,1H3/t9-/m0/s1. The number of aliphatic hydroxyl groups excluding tert-OH is 1. The van der Waals surface area contributed by atoms with Crippen LogP contribution in [0.4, 0.5) is 0 Å². The number of ether oxygens (including phenoxy) is 1. The molecule has 0 aliphatic carbocycles. The lowest BCUT2D eigenvalue weighted by Crippen LogP contribution is -2.42. The average Bonchev–Trinajstić information content (AvgIpc) is 2.26. The fourth-order valence-corrected chi connectivity index (χ4v) is 1.78. The van der Waals surface area contributed by atoms with Gasteiger partial charge in [0.1, 0.15) is 0 Å². The number of esters is 1. The largest absolute Gasteiger partial charge is 0.466 e. The van der Waals surface area contributed by atoms with Crippen molar-refractivity contribution >= 4 is 11.9 Å². The van der Waals surface area contributed by atoms with Crippen molar-refractivity contribution in [1.82, 2.24) is 4.90 Å². The number of hydrogen-bond acceptors (Lipinski definition) is 4. The summed E-state index contributed by atoms with van der Waals surface area (Å²) in [4.78, 5) is 24.3. The van der Waals surface area contributed by atoms with Crippen LogP contribution in [0.3, 0.4) is 0 Å². The highest BCUT2D eigenvalue weighted by Gasteiger charge is 2.22. The van der Waals surface area contributed by atoms with Crippen LogP contribution in [-0.2, 0) is 14.3 Å². The van der Waals surface area contributed by atoms with Gasteiger partial charge in [0.2, 0.25) is 5.91 Å². The van der Waals surface area contributed by atoms with Gasteiger partial charge in [-0.2, -0.15) is 0 Å². The normalized spacial score (nSPS) is 20.6. The molecule has 0 aromatic rings. The van der Waals surface area contributed by atoms with E-state index in [2.05, 4.69) is 0 Å². The first-order valence-corrected chi connectivity index (χ1v) is 5.75. The predicted octanol–water partition coefficient (Wildman–Crippen LogP) is 0.313. The number of amides is 1. The molecule has 1 saturated heterocycles. The minimum atomic E-state index is -0.416. The molecule has 5 nitrogen and oxygen atoms in total. The summed E-state index contributed by atoms with van der Waals surface area (Å²) in [7, 11) is 0. The van der Waals surface area contributed by atoms with Gasteiger partial charge in [0, 0.05) is 19.5 Å². The lowest BCUT2D eigenvalue weighted by Gasteiger charge is -2.30. The Morgan fingerprint density at radius 2 is 2.19 bits per heavy atom. The monoisotopic (exact) mass is 229 g/mol. The zero-order valence-electron chi connectivity index (χ0n) is 9.65. The number of likely N-dealkylation sites (tertiary alicyclic amines) is 1. The molecule has 0 spiro atoms. The van der Waals surface area contributed by atoms with E-state index in [0.717, 1.165) is 12.8 Å². The van der Waals surface area contributed by atoms with E-state index in [1.807, 2.05) is 0 Å². The van der Waals surface area contributed by atoms with E-state index in [9.17, 15) is 14.7 Å². The van der Waals surface area contributed by atoms with Gasteiger partial charge in [-0.3, -0.25) is 9.59 Å². The van der Waals surface area contributed by atoms with E-state index in [1.54, 1.807) is 11.8 Å². The van der Waals surface area contributed by atoms with Crippen molar-refractivity contribution in [2.45, 2.75) is 38.7 Å². The van der Waals surface area contributed by atoms with E-state index in [0.29, 0.717) is 19.7 Å². The number of hydrogen-bond donors (Lipinski definition) is 1. The quantitative estimate of drug-likeness (QED) is 0.705. The highest BCUT2D eigenvalue weighted by Crippen LogP contribution is 2.11. The Bertz CT molecular complexity index is 254. The SMILES string of the molecule is CCOC(=O)CCC(=O)N1CCC[C@H](O)C1. The van der Waals surface area contributed by atoms with Crippen molar-refractivity contribution < 1.29 is 19.4 Å². The number of aliphatic hydroxyl groups is 1. The van der Waals surface area contributed by atoms with Crippen molar-refractivity contribution in [1.29, 1.82) is 0 Å². The number of carbonyl (C=O) groups is 2. The number of β-amino-alcohol motifs (C(OH)–C–C–N with tert-alkyl or cyclic N) is 1. The third-order valence-electron chi connectivity index (χ3n) is 2.60. The zero-order valence-corrected chi connectivity index (χ0v) is 9.65. The predicted molar refractivity (Wildman–Crippen MR) is 57.7 cm³/mol. The third-order valence-corrected chi connectivity index (χ3v) is 2.60. The van der Waals surface area contributed by atoms with Gasteiger partial charge in [-0.1, -0.05) is 0 Å². The van der Waals surface area contributed by atoms with Gasteiger partial charge in [0.05, 0.1) is 19.1 Å². The number of nitrogens with zero attached hydrogens (tertiary/aromatic N) is 1. The molecular weight excluding hydrogens is 210 g/mol. The van der Waals surface area contributed by atoms with E-state index >= 15 is 0 Å². The summed E-state index contributed by atoms with van der Waals surface area (Å²) in [5.74, 6) is -0.416. The first-order valence-electron chi connectivity index (χ1n) is 5.75. The maximum atomic E-state index is 11.7. The maximum absolute atomic E-state index is 11.7. The highest BCUT2D eigenvalue weighted by atomic mass is 16.5. The third kappa shape index (κ3) is 4.18. The highest BCUT2D eigenvalue weighted by molar-refractivity contribution is 5.81. The smallest absolute Gasteiger partial charge is 0.306 e. The van der Waals surface area contributed by atoms with Crippen molar-refractivity contribution in [3.63, 3.8) is 0 Å². The summed E-state index contributed by atoms with van der Waals surface area (Å²) >= 11 is 0. The van der Waals surface area contributed by atoms with Gasteiger partial charge in [-0.05, 0) is 19.8 Å². The Balaban J connectivity index is 2.26. The Morgan fingerprint density at radius 1 is 1.44 bits per heavy atom. The van der Waals surface area contributed by atoms with Crippen LogP contribution < -0.4 is 0 Å². The summed E-state index contributed by atoms with van der Waals surface area (Å²) in [5, 5.41) is 9.40. The van der Waals surface area contributed by atoms with Crippen LogP contribution in [0, 0.1) is 0 Å². The van der Waals surface area contributed by atoms with Gasteiger partial charge in [-0.25, -0.2) is 0 Å². The molecule has 0 aromatic carbocycles. The molecule has 1 aliphatic heterocycles. The van der Waals surface area contributed by atoms with Crippen molar-refractivity contribution in [3.8, 4) is 0 Å². The molecule has 1 atom stereocenters. The molecule has 1 amide bonds. The van der Waals surface area contributed by atoms with Crippen LogP contribution >= 0.6 is 0 Å². The topological polar surface area (TPSA) is 66.8 Å². The second-order valence-corrected chi connectivity index (χ2v) is 3.94. The molecule has 1 rings (SSSR count). The molecule has 0 bridgehead atoms.